The van der Waals surface area contributed by atoms with Gasteiger partial charge in [0.1, 0.15) is 0 Å². The van der Waals surface area contributed by atoms with E-state index in [0.717, 1.165) is 0 Å². The summed E-state index contributed by atoms with van der Waals surface area (Å²) >= 11 is 0. The van der Waals surface area contributed by atoms with E-state index in [-0.39, 0.29) is 30.3 Å². The summed E-state index contributed by atoms with van der Waals surface area (Å²) in [6.45, 7) is 3.44. The van der Waals surface area contributed by atoms with E-state index in [1.165, 1.54) is 6.07 Å². The second kappa shape index (κ2) is 6.68. The number of hydrogen-bond donors (Lipinski definition) is 1. The lowest BCUT2D eigenvalue weighted by Gasteiger charge is -2.08. The van der Waals surface area contributed by atoms with Gasteiger partial charge >= 0.3 is 5.97 Å². The summed E-state index contributed by atoms with van der Waals surface area (Å²) in [5.74, 6) is -0.791. The van der Waals surface area contributed by atoms with Gasteiger partial charge in [0.05, 0.1) is 30.3 Å². The zero-order valence-electron chi connectivity index (χ0n) is 11.0. The Balaban J connectivity index is 2.86. The Kier molecular flexibility index (Phi) is 5.50. The molecule has 0 aromatic heterocycles. The number of ether oxygens (including phenoxy) is 1. The van der Waals surface area contributed by atoms with Crippen molar-refractivity contribution in [1.82, 2.24) is 0 Å². The number of benzene rings is 1. The molecule has 0 spiro atoms. The maximum absolute atomic E-state index is 12.1. The number of carbonyl (C=O) groups is 1. The van der Waals surface area contributed by atoms with E-state index in [1.807, 2.05) is 0 Å². The van der Waals surface area contributed by atoms with Crippen molar-refractivity contribution < 1.29 is 23.1 Å². The summed E-state index contributed by atoms with van der Waals surface area (Å²) in [4.78, 5) is 11.4. The van der Waals surface area contributed by atoms with Crippen molar-refractivity contribution in [3.8, 4) is 0 Å². The van der Waals surface area contributed by atoms with Crippen LogP contribution in [-0.2, 0) is 26.0 Å². The van der Waals surface area contributed by atoms with Crippen LogP contribution in [0.25, 0.3) is 0 Å². The lowest BCUT2D eigenvalue weighted by atomic mass is 10.1. The summed E-state index contributed by atoms with van der Waals surface area (Å²) in [5, 5.41) is 8.98. The zero-order chi connectivity index (χ0) is 14.5. The Morgan fingerprint density at radius 1 is 1.37 bits per heavy atom. The Labute approximate surface area is 113 Å². The molecule has 1 N–H and O–H groups in total. The number of aryl methyl sites for hydroxylation is 1. The number of rotatable bonds is 6. The number of carbonyl (C=O) groups excluding carboxylic acids is 1. The van der Waals surface area contributed by atoms with E-state index in [1.54, 1.807) is 26.0 Å². The molecule has 0 amide bonds. The molecule has 0 aliphatic rings. The van der Waals surface area contributed by atoms with Crippen molar-refractivity contribution in [3.05, 3.63) is 29.3 Å². The minimum absolute atomic E-state index is 0.135. The molecular weight excluding hydrogens is 268 g/mol. The van der Waals surface area contributed by atoms with Crippen LogP contribution in [0, 0.1) is 6.92 Å². The number of hydrogen-bond acceptors (Lipinski definition) is 5. The molecule has 1 aromatic carbocycles. The number of esters is 1. The van der Waals surface area contributed by atoms with Crippen LogP contribution >= 0.6 is 0 Å². The third-order valence-corrected chi connectivity index (χ3v) is 4.51. The lowest BCUT2D eigenvalue weighted by Crippen LogP contribution is -2.14. The highest BCUT2D eigenvalue weighted by Gasteiger charge is 2.19. The lowest BCUT2D eigenvalue weighted by molar-refractivity contribution is -0.142. The average molecular weight is 286 g/mol. The van der Waals surface area contributed by atoms with E-state index in [0.29, 0.717) is 11.1 Å². The predicted molar refractivity (Wildman–Crippen MR) is 70.4 cm³/mol. The molecule has 0 atom stereocenters. The minimum Gasteiger partial charge on any atom is -0.466 e. The molecule has 6 heteroatoms. The Morgan fingerprint density at radius 2 is 2.05 bits per heavy atom. The Hall–Kier alpha value is -1.40. The quantitative estimate of drug-likeness (QED) is 0.795. The fraction of sp³-hybridized carbons (Fsp3) is 0.462. The van der Waals surface area contributed by atoms with Gasteiger partial charge < -0.3 is 9.84 Å². The third kappa shape index (κ3) is 4.33. The molecule has 1 aromatic rings. The molecule has 0 aliphatic heterocycles. The van der Waals surface area contributed by atoms with E-state index in [9.17, 15) is 13.2 Å². The molecule has 19 heavy (non-hydrogen) atoms. The molecule has 5 nitrogen and oxygen atoms in total. The monoisotopic (exact) mass is 286 g/mol. The molecule has 0 saturated heterocycles. The van der Waals surface area contributed by atoms with Gasteiger partial charge in [0.2, 0.25) is 0 Å². The summed E-state index contributed by atoms with van der Waals surface area (Å²) in [7, 11) is -3.51. The first-order chi connectivity index (χ1) is 8.90. The zero-order valence-corrected chi connectivity index (χ0v) is 11.9. The van der Waals surface area contributed by atoms with Crippen LogP contribution in [0.3, 0.4) is 0 Å². The van der Waals surface area contributed by atoms with E-state index >= 15 is 0 Å². The van der Waals surface area contributed by atoms with Crippen LogP contribution in [0.5, 0.6) is 0 Å². The van der Waals surface area contributed by atoms with Crippen molar-refractivity contribution >= 4 is 15.8 Å². The first-order valence-electron chi connectivity index (χ1n) is 5.99. The first-order valence-corrected chi connectivity index (χ1v) is 7.64. The van der Waals surface area contributed by atoms with E-state index in [4.69, 9.17) is 9.84 Å². The molecule has 1 rings (SSSR count). The highest BCUT2D eigenvalue weighted by molar-refractivity contribution is 7.91. The second-order valence-corrected chi connectivity index (χ2v) is 6.21. The molecule has 0 radical (unpaired) electrons. The fourth-order valence-electron chi connectivity index (χ4n) is 1.72. The molecule has 0 heterocycles. The van der Waals surface area contributed by atoms with Crippen LogP contribution in [0.1, 0.15) is 24.5 Å². The van der Waals surface area contributed by atoms with Crippen molar-refractivity contribution in [2.45, 2.75) is 31.8 Å². The van der Waals surface area contributed by atoms with Crippen LogP contribution in [0.15, 0.2) is 23.1 Å². The molecular formula is C13H18O5S. The van der Waals surface area contributed by atoms with Gasteiger partial charge in [0, 0.05) is 0 Å². The molecule has 0 bridgehead atoms. The molecule has 0 aliphatic carbocycles. The standard InChI is InChI=1S/C13H18O5S/c1-3-18-13(15)6-7-19(16,17)12-5-4-11(9-14)8-10(12)2/h4-5,8,14H,3,6-7,9H2,1-2H3. The average Bonchev–Trinajstić information content (AvgIpc) is 2.36. The van der Waals surface area contributed by atoms with E-state index in [2.05, 4.69) is 0 Å². The predicted octanol–water partition coefficient (Wildman–Crippen LogP) is 1.21. The maximum atomic E-state index is 12.1. The van der Waals surface area contributed by atoms with Crippen molar-refractivity contribution in [3.63, 3.8) is 0 Å². The van der Waals surface area contributed by atoms with Crippen LogP contribution in [0.4, 0.5) is 0 Å². The van der Waals surface area contributed by atoms with Crippen LogP contribution < -0.4 is 0 Å². The molecule has 0 saturated carbocycles. The SMILES string of the molecule is CCOC(=O)CCS(=O)(=O)c1ccc(CO)cc1C. The smallest absolute Gasteiger partial charge is 0.306 e. The van der Waals surface area contributed by atoms with Gasteiger partial charge in [-0.05, 0) is 31.0 Å². The summed E-state index contributed by atoms with van der Waals surface area (Å²) in [5.41, 5.74) is 1.22. The van der Waals surface area contributed by atoms with Crippen LogP contribution in [0.2, 0.25) is 0 Å². The number of sulfone groups is 1. The van der Waals surface area contributed by atoms with E-state index < -0.39 is 15.8 Å². The normalized spacial score (nSPS) is 11.3. The van der Waals surface area contributed by atoms with Gasteiger partial charge in [-0.25, -0.2) is 8.42 Å². The Morgan fingerprint density at radius 3 is 2.58 bits per heavy atom. The summed E-state index contributed by atoms with van der Waals surface area (Å²) < 4.78 is 28.9. The topological polar surface area (TPSA) is 80.7 Å². The largest absolute Gasteiger partial charge is 0.466 e. The molecule has 0 fully saturated rings. The number of aliphatic hydroxyl groups excluding tert-OH is 1. The van der Waals surface area contributed by atoms with Gasteiger partial charge in [-0.3, -0.25) is 4.79 Å². The van der Waals surface area contributed by atoms with Gasteiger partial charge in [-0.1, -0.05) is 12.1 Å². The van der Waals surface area contributed by atoms with Crippen molar-refractivity contribution in [2.75, 3.05) is 12.4 Å². The highest BCUT2D eigenvalue weighted by Crippen LogP contribution is 2.19. The highest BCUT2D eigenvalue weighted by atomic mass is 32.2. The number of aliphatic hydroxyl groups is 1. The second-order valence-electron chi connectivity index (χ2n) is 4.13. The maximum Gasteiger partial charge on any atom is 0.306 e. The van der Waals surface area contributed by atoms with Crippen molar-refractivity contribution in [1.29, 1.82) is 0 Å². The van der Waals surface area contributed by atoms with Gasteiger partial charge in [0.15, 0.2) is 9.84 Å². The summed E-state index contributed by atoms with van der Waals surface area (Å²) in [6, 6.07) is 4.64. The van der Waals surface area contributed by atoms with Gasteiger partial charge in [-0.15, -0.1) is 0 Å². The minimum atomic E-state index is -3.51. The summed E-state index contributed by atoms with van der Waals surface area (Å²) in [6.07, 6.45) is -0.155. The third-order valence-electron chi connectivity index (χ3n) is 2.64. The van der Waals surface area contributed by atoms with Crippen LogP contribution in [-0.4, -0.2) is 31.9 Å². The molecule has 106 valence electrons. The van der Waals surface area contributed by atoms with Gasteiger partial charge in [-0.2, -0.15) is 0 Å². The first kappa shape index (κ1) is 15.7. The fourth-order valence-corrected chi connectivity index (χ4v) is 3.20. The Bertz CT molecular complexity index is 548. The molecule has 0 unspecified atom stereocenters. The van der Waals surface area contributed by atoms with Crippen molar-refractivity contribution in [2.24, 2.45) is 0 Å². The van der Waals surface area contributed by atoms with Gasteiger partial charge in [0.25, 0.3) is 0 Å².